The number of carboxylic acid groups (broad SMARTS) is 1. The number of benzene rings is 1. The third-order valence-electron chi connectivity index (χ3n) is 4.28. The molecule has 0 amide bonds. The molecule has 5 heteroatoms. The Labute approximate surface area is 134 Å². The minimum Gasteiger partial charge on any atom is -0.481 e. The second kappa shape index (κ2) is 6.23. The van der Waals surface area contributed by atoms with Crippen LogP contribution in [0.15, 0.2) is 30.5 Å². The molecule has 1 aromatic carbocycles. The Kier molecular flexibility index (Phi) is 4.32. The molecule has 0 aliphatic carbocycles. The van der Waals surface area contributed by atoms with Crippen LogP contribution in [0.25, 0.3) is 10.9 Å². The van der Waals surface area contributed by atoms with Gasteiger partial charge in [-0.05, 0) is 36.1 Å². The molecule has 22 heavy (non-hydrogen) atoms. The predicted octanol–water partition coefficient (Wildman–Crippen LogP) is 3.43. The van der Waals surface area contributed by atoms with Gasteiger partial charge in [0.25, 0.3) is 0 Å². The number of carbonyl (C=O) groups is 1. The minimum absolute atomic E-state index is 0.282. The quantitative estimate of drug-likeness (QED) is 0.942. The molecular weight excluding hydrogens is 300 g/mol. The number of aromatic nitrogens is 1. The molecule has 1 aliphatic heterocycles. The summed E-state index contributed by atoms with van der Waals surface area (Å²) in [5.41, 5.74) is 2.00. The fourth-order valence-corrected chi connectivity index (χ4v) is 3.55. The lowest BCUT2D eigenvalue weighted by atomic mass is 9.90. The molecule has 2 atom stereocenters. The standard InChI is InChI=1S/C17H19ClN2O2/c1-11-7-13(17(21)22)10-20(8-11)9-12-4-5-15(18)14-3-2-6-19-16(12)14/h2-6,11,13H,7-10H2,1H3,(H,21,22). The highest BCUT2D eigenvalue weighted by Crippen LogP contribution is 2.28. The average molecular weight is 319 g/mol. The van der Waals surface area contributed by atoms with Gasteiger partial charge in [-0.3, -0.25) is 14.7 Å². The topological polar surface area (TPSA) is 53.4 Å². The molecule has 0 saturated carbocycles. The summed E-state index contributed by atoms with van der Waals surface area (Å²) in [5, 5.41) is 10.9. The number of nitrogens with zero attached hydrogens (tertiary/aromatic N) is 2. The molecule has 4 nitrogen and oxygen atoms in total. The van der Waals surface area contributed by atoms with Crippen molar-refractivity contribution in [1.82, 2.24) is 9.88 Å². The largest absolute Gasteiger partial charge is 0.481 e. The molecule has 1 saturated heterocycles. The van der Waals surface area contributed by atoms with E-state index in [0.717, 1.165) is 29.4 Å². The zero-order chi connectivity index (χ0) is 15.7. The van der Waals surface area contributed by atoms with Gasteiger partial charge in [0.1, 0.15) is 0 Å². The summed E-state index contributed by atoms with van der Waals surface area (Å²) in [4.78, 5) is 18.0. The Morgan fingerprint density at radius 2 is 2.23 bits per heavy atom. The number of aliphatic carboxylic acids is 1. The van der Waals surface area contributed by atoms with Crippen molar-refractivity contribution in [1.29, 1.82) is 0 Å². The van der Waals surface area contributed by atoms with E-state index in [1.165, 1.54) is 0 Å². The maximum absolute atomic E-state index is 11.3. The molecule has 0 spiro atoms. The number of pyridine rings is 1. The molecule has 116 valence electrons. The number of hydrogen-bond donors (Lipinski definition) is 1. The third kappa shape index (κ3) is 3.08. The molecule has 0 bridgehead atoms. The van der Waals surface area contributed by atoms with Crippen LogP contribution in [0.2, 0.25) is 5.02 Å². The fraction of sp³-hybridized carbons (Fsp3) is 0.412. The molecule has 1 fully saturated rings. The van der Waals surface area contributed by atoms with E-state index < -0.39 is 5.97 Å². The summed E-state index contributed by atoms with van der Waals surface area (Å²) in [5.74, 6) is -0.590. The number of likely N-dealkylation sites (tertiary alicyclic amines) is 1. The third-order valence-corrected chi connectivity index (χ3v) is 4.61. The van der Waals surface area contributed by atoms with Gasteiger partial charge in [0.2, 0.25) is 0 Å². The monoisotopic (exact) mass is 318 g/mol. The van der Waals surface area contributed by atoms with Crippen molar-refractivity contribution in [3.05, 3.63) is 41.0 Å². The van der Waals surface area contributed by atoms with Crippen LogP contribution in [0, 0.1) is 11.8 Å². The van der Waals surface area contributed by atoms with Gasteiger partial charge in [-0.1, -0.05) is 24.6 Å². The predicted molar refractivity (Wildman–Crippen MR) is 86.9 cm³/mol. The molecule has 1 aliphatic rings. The number of carboxylic acids is 1. The smallest absolute Gasteiger partial charge is 0.307 e. The van der Waals surface area contributed by atoms with Crippen LogP contribution in [0.4, 0.5) is 0 Å². The number of halogens is 1. The van der Waals surface area contributed by atoms with Gasteiger partial charge in [0.15, 0.2) is 0 Å². The summed E-state index contributed by atoms with van der Waals surface area (Å²) in [6.45, 7) is 4.33. The summed E-state index contributed by atoms with van der Waals surface area (Å²) in [6.07, 6.45) is 2.52. The number of fused-ring (bicyclic) bond motifs is 1. The van der Waals surface area contributed by atoms with Crippen molar-refractivity contribution in [2.45, 2.75) is 19.9 Å². The van der Waals surface area contributed by atoms with Crippen LogP contribution < -0.4 is 0 Å². The van der Waals surface area contributed by atoms with Gasteiger partial charge in [0.05, 0.1) is 11.4 Å². The first-order valence-electron chi connectivity index (χ1n) is 7.52. The first kappa shape index (κ1) is 15.3. The summed E-state index contributed by atoms with van der Waals surface area (Å²) in [7, 11) is 0. The molecular formula is C17H19ClN2O2. The highest BCUT2D eigenvalue weighted by molar-refractivity contribution is 6.35. The van der Waals surface area contributed by atoms with E-state index in [4.69, 9.17) is 11.6 Å². The van der Waals surface area contributed by atoms with Gasteiger partial charge in [-0.25, -0.2) is 0 Å². The number of piperidine rings is 1. The molecule has 1 N–H and O–H groups in total. The first-order valence-corrected chi connectivity index (χ1v) is 7.89. The Morgan fingerprint density at radius 3 is 3.00 bits per heavy atom. The first-order chi connectivity index (χ1) is 10.5. The van der Waals surface area contributed by atoms with Crippen LogP contribution in [-0.2, 0) is 11.3 Å². The summed E-state index contributed by atoms with van der Waals surface area (Å²) in [6, 6.07) is 7.73. The maximum Gasteiger partial charge on any atom is 0.307 e. The second-order valence-corrected chi connectivity index (χ2v) is 6.58. The minimum atomic E-state index is -0.698. The van der Waals surface area contributed by atoms with Gasteiger partial charge >= 0.3 is 5.97 Å². The van der Waals surface area contributed by atoms with E-state index >= 15 is 0 Å². The van der Waals surface area contributed by atoms with Crippen LogP contribution >= 0.6 is 11.6 Å². The summed E-state index contributed by atoms with van der Waals surface area (Å²) < 4.78 is 0. The highest BCUT2D eigenvalue weighted by atomic mass is 35.5. The van der Waals surface area contributed by atoms with Gasteiger partial charge in [-0.15, -0.1) is 0 Å². The lowest BCUT2D eigenvalue weighted by molar-refractivity contribution is -0.144. The molecule has 2 aromatic rings. The normalized spacial score (nSPS) is 22.8. The molecule has 2 unspecified atom stereocenters. The Hall–Kier alpha value is -1.65. The SMILES string of the molecule is CC1CC(C(=O)O)CN(Cc2ccc(Cl)c3cccnc23)C1. The van der Waals surface area contributed by atoms with Crippen LogP contribution in [0.3, 0.4) is 0 Å². The maximum atomic E-state index is 11.3. The molecule has 2 heterocycles. The second-order valence-electron chi connectivity index (χ2n) is 6.18. The van der Waals surface area contributed by atoms with Crippen molar-refractivity contribution < 1.29 is 9.90 Å². The van der Waals surface area contributed by atoms with Gasteiger partial charge in [-0.2, -0.15) is 0 Å². The van der Waals surface area contributed by atoms with E-state index in [2.05, 4.69) is 16.8 Å². The van der Waals surface area contributed by atoms with Crippen molar-refractivity contribution in [3.63, 3.8) is 0 Å². The van der Waals surface area contributed by atoms with Gasteiger partial charge < -0.3 is 5.11 Å². The van der Waals surface area contributed by atoms with E-state index in [9.17, 15) is 9.90 Å². The zero-order valence-corrected chi connectivity index (χ0v) is 13.3. The van der Waals surface area contributed by atoms with Crippen molar-refractivity contribution in [3.8, 4) is 0 Å². The van der Waals surface area contributed by atoms with Crippen molar-refractivity contribution in [2.75, 3.05) is 13.1 Å². The summed E-state index contributed by atoms with van der Waals surface area (Å²) >= 11 is 6.23. The van der Waals surface area contributed by atoms with Crippen molar-refractivity contribution in [2.24, 2.45) is 11.8 Å². The lowest BCUT2D eigenvalue weighted by Gasteiger charge is -2.34. The molecule has 1 aromatic heterocycles. The Bertz CT molecular complexity index is 704. The van der Waals surface area contributed by atoms with Crippen LogP contribution in [-0.4, -0.2) is 34.0 Å². The molecule has 0 radical (unpaired) electrons. The average Bonchev–Trinajstić information content (AvgIpc) is 2.50. The van der Waals surface area contributed by atoms with E-state index in [1.807, 2.05) is 24.3 Å². The van der Waals surface area contributed by atoms with Crippen LogP contribution in [0.5, 0.6) is 0 Å². The van der Waals surface area contributed by atoms with E-state index in [-0.39, 0.29) is 5.92 Å². The lowest BCUT2D eigenvalue weighted by Crippen LogP contribution is -2.42. The number of rotatable bonds is 3. The van der Waals surface area contributed by atoms with E-state index in [0.29, 0.717) is 24.0 Å². The zero-order valence-electron chi connectivity index (χ0n) is 12.5. The molecule has 3 rings (SSSR count). The number of hydrogen-bond acceptors (Lipinski definition) is 3. The highest BCUT2D eigenvalue weighted by Gasteiger charge is 2.29. The Morgan fingerprint density at radius 1 is 1.41 bits per heavy atom. The van der Waals surface area contributed by atoms with Crippen molar-refractivity contribution >= 4 is 28.5 Å². The van der Waals surface area contributed by atoms with Gasteiger partial charge in [0, 0.05) is 36.2 Å². The van der Waals surface area contributed by atoms with Crippen LogP contribution in [0.1, 0.15) is 18.9 Å². The fourth-order valence-electron chi connectivity index (χ4n) is 3.33. The van der Waals surface area contributed by atoms with E-state index in [1.54, 1.807) is 6.20 Å². The Balaban J connectivity index is 1.87.